The van der Waals surface area contributed by atoms with E-state index < -0.39 is 94.2 Å². The highest BCUT2D eigenvalue weighted by atomic mass is 32.2. The number of ether oxygens (including phenoxy) is 3. The summed E-state index contributed by atoms with van der Waals surface area (Å²) in [6, 6.07) is 11.6. The molecule has 254 valence electrons. The Balaban J connectivity index is 1.57. The second kappa shape index (κ2) is 14.4. The van der Waals surface area contributed by atoms with Gasteiger partial charge in [-0.1, -0.05) is 30.3 Å². The van der Waals surface area contributed by atoms with Gasteiger partial charge in [0.1, 0.15) is 29.7 Å². The predicted molar refractivity (Wildman–Crippen MR) is 161 cm³/mol. The van der Waals surface area contributed by atoms with Crippen LogP contribution in [0, 0.1) is 6.92 Å². The third-order valence-corrected chi connectivity index (χ3v) is 8.28. The van der Waals surface area contributed by atoms with E-state index in [1.165, 1.54) is 25.1 Å². The van der Waals surface area contributed by atoms with Gasteiger partial charge in [0, 0.05) is 11.8 Å². The number of aliphatic hydroxyl groups excluding tert-OH is 5. The fourth-order valence-corrected chi connectivity index (χ4v) is 5.46. The minimum atomic E-state index is -4.46. The van der Waals surface area contributed by atoms with E-state index in [-0.39, 0.29) is 21.8 Å². The highest BCUT2D eigenvalue weighted by Gasteiger charge is 2.40. The molecule has 18 heteroatoms. The highest BCUT2D eigenvalue weighted by Crippen LogP contribution is 2.40. The monoisotopic (exact) mass is 688 g/mol. The zero-order valence-electron chi connectivity index (χ0n) is 25.1. The molecule has 0 saturated carbocycles. The summed E-state index contributed by atoms with van der Waals surface area (Å²) >= 11 is 0. The largest absolute Gasteiger partial charge is 0.508 e. The second-order valence-corrected chi connectivity index (χ2v) is 11.6. The first kappa shape index (κ1) is 35.1. The van der Waals surface area contributed by atoms with Crippen LogP contribution in [0.25, 0.3) is 10.8 Å². The molecule has 0 aliphatic carbocycles. The van der Waals surface area contributed by atoms with Gasteiger partial charge in [-0.05, 0) is 36.1 Å². The number of fused-ring (bicyclic) bond motifs is 1. The highest BCUT2D eigenvalue weighted by molar-refractivity contribution is 7.86. The van der Waals surface area contributed by atoms with Crippen LogP contribution in [0.3, 0.4) is 0 Å². The summed E-state index contributed by atoms with van der Waals surface area (Å²) in [5, 5.41) is 68.6. The summed E-state index contributed by atoms with van der Waals surface area (Å²) in [4.78, 5) is 35.3. The van der Waals surface area contributed by atoms with Gasteiger partial charge in [0.2, 0.25) is 11.5 Å². The van der Waals surface area contributed by atoms with Gasteiger partial charge >= 0.3 is 17.9 Å². The lowest BCUT2D eigenvalue weighted by Gasteiger charge is -2.17. The number of azo groups is 1. The Labute approximate surface area is 271 Å². The third kappa shape index (κ3) is 7.46. The van der Waals surface area contributed by atoms with Crippen molar-refractivity contribution in [2.24, 2.45) is 10.2 Å². The first-order valence-electron chi connectivity index (χ1n) is 13.7. The molecule has 2 unspecified atom stereocenters. The van der Waals surface area contributed by atoms with Crippen LogP contribution in [0.15, 0.2) is 86.7 Å². The SMILES string of the molecule is COC(=O)/C(O)=C(/O)CCOS(=O)(=O)c1cc(N=Nc2c(O)c(C(=O)OCC(O)C3OC(=O)C(O)=C3O)cc3ccccc23)ccc1C. The normalized spacial score (nSPS) is 16.1. The number of methoxy groups -OCH3 is 1. The van der Waals surface area contributed by atoms with Crippen molar-refractivity contribution in [3.63, 3.8) is 0 Å². The van der Waals surface area contributed by atoms with Crippen molar-refractivity contribution in [1.82, 2.24) is 0 Å². The van der Waals surface area contributed by atoms with Crippen LogP contribution >= 0.6 is 0 Å². The minimum Gasteiger partial charge on any atom is -0.508 e. The van der Waals surface area contributed by atoms with Gasteiger partial charge in [0.05, 0.1) is 24.3 Å². The second-order valence-electron chi connectivity index (χ2n) is 10.0. The summed E-state index contributed by atoms with van der Waals surface area (Å²) in [7, 11) is -3.48. The summed E-state index contributed by atoms with van der Waals surface area (Å²) in [5.41, 5.74) is -0.380. The maximum Gasteiger partial charge on any atom is 0.377 e. The molecule has 1 aliphatic heterocycles. The minimum absolute atomic E-state index is 0.0179. The summed E-state index contributed by atoms with van der Waals surface area (Å²) in [6.45, 7) is 0.00858. The van der Waals surface area contributed by atoms with Gasteiger partial charge in [-0.2, -0.15) is 13.5 Å². The third-order valence-electron chi connectivity index (χ3n) is 6.83. The fraction of sp³-hybridized carbons (Fsp3) is 0.233. The van der Waals surface area contributed by atoms with E-state index in [1.54, 1.807) is 24.3 Å². The molecule has 0 fully saturated rings. The molecule has 6 N–H and O–H groups in total. The topological polar surface area (TPSA) is 268 Å². The molecule has 3 aromatic rings. The number of carbonyl (C=O) groups is 3. The molecule has 4 rings (SSSR count). The quantitative estimate of drug-likeness (QED) is 0.0396. The molecule has 0 amide bonds. The molecule has 0 spiro atoms. The molecule has 0 saturated heterocycles. The smallest absolute Gasteiger partial charge is 0.377 e. The Morgan fingerprint density at radius 3 is 2.42 bits per heavy atom. The number of benzene rings is 3. The van der Waals surface area contributed by atoms with E-state index in [0.717, 1.165) is 13.2 Å². The van der Waals surface area contributed by atoms with E-state index >= 15 is 0 Å². The van der Waals surface area contributed by atoms with Crippen LogP contribution in [0.5, 0.6) is 5.75 Å². The molecule has 17 nitrogen and oxygen atoms in total. The number of phenolic OH excluding ortho intramolecular Hbond substituents is 1. The molecule has 2 atom stereocenters. The molecule has 0 radical (unpaired) electrons. The Hall–Kier alpha value is -5.72. The Bertz CT molecular complexity index is 1990. The number of cyclic esters (lactones) is 1. The molecule has 0 aromatic heterocycles. The van der Waals surface area contributed by atoms with Crippen molar-refractivity contribution in [2.45, 2.75) is 30.4 Å². The number of phenols is 1. The predicted octanol–water partition coefficient (Wildman–Crippen LogP) is 3.64. The van der Waals surface area contributed by atoms with Gasteiger partial charge < -0.3 is 44.8 Å². The van der Waals surface area contributed by atoms with Gasteiger partial charge in [0.15, 0.2) is 17.6 Å². The van der Waals surface area contributed by atoms with Gasteiger partial charge in [-0.25, -0.2) is 14.4 Å². The maximum atomic E-state index is 12.9. The zero-order valence-corrected chi connectivity index (χ0v) is 25.9. The maximum absolute atomic E-state index is 12.9. The van der Waals surface area contributed by atoms with Crippen LogP contribution in [0.2, 0.25) is 0 Å². The van der Waals surface area contributed by atoms with E-state index in [4.69, 9.17) is 8.92 Å². The van der Waals surface area contributed by atoms with Crippen molar-refractivity contribution >= 4 is 50.2 Å². The Kier molecular flexibility index (Phi) is 10.5. The van der Waals surface area contributed by atoms with E-state index in [2.05, 4.69) is 19.7 Å². The molecule has 1 heterocycles. The van der Waals surface area contributed by atoms with Crippen LogP contribution in [0.1, 0.15) is 22.3 Å². The van der Waals surface area contributed by atoms with Crippen molar-refractivity contribution in [3.8, 4) is 5.75 Å². The summed E-state index contributed by atoms with van der Waals surface area (Å²) in [6.07, 6.45) is -3.99. The lowest BCUT2D eigenvalue weighted by Crippen LogP contribution is -2.33. The number of esters is 3. The molecule has 3 aromatic carbocycles. The van der Waals surface area contributed by atoms with E-state index in [0.29, 0.717) is 10.8 Å². The van der Waals surface area contributed by atoms with E-state index in [1.807, 2.05) is 0 Å². The van der Waals surface area contributed by atoms with Crippen molar-refractivity contribution < 1.29 is 71.8 Å². The fourth-order valence-electron chi connectivity index (χ4n) is 4.30. The van der Waals surface area contributed by atoms with E-state index in [9.17, 15) is 53.4 Å². The molecule has 0 bridgehead atoms. The Morgan fingerprint density at radius 2 is 1.75 bits per heavy atom. The molecular formula is C30H28N2O15S. The zero-order chi connectivity index (χ0) is 35.3. The first-order chi connectivity index (χ1) is 22.7. The lowest BCUT2D eigenvalue weighted by molar-refractivity contribution is -0.147. The Morgan fingerprint density at radius 1 is 1.04 bits per heavy atom. The summed E-state index contributed by atoms with van der Waals surface area (Å²) in [5.74, 6) is -8.31. The van der Waals surface area contributed by atoms with Crippen molar-refractivity contribution in [1.29, 1.82) is 0 Å². The molecule has 48 heavy (non-hydrogen) atoms. The first-order valence-corrected chi connectivity index (χ1v) is 15.1. The summed E-state index contributed by atoms with van der Waals surface area (Å²) < 4.78 is 44.7. The molecular weight excluding hydrogens is 660 g/mol. The number of rotatable bonds is 12. The average Bonchev–Trinajstić information content (AvgIpc) is 3.33. The number of aromatic hydroxyl groups is 1. The number of hydrogen-bond acceptors (Lipinski definition) is 17. The van der Waals surface area contributed by atoms with Gasteiger partial charge in [-0.15, -0.1) is 5.11 Å². The van der Waals surface area contributed by atoms with Crippen molar-refractivity contribution in [2.75, 3.05) is 20.3 Å². The number of hydrogen-bond donors (Lipinski definition) is 6. The number of aliphatic hydroxyl groups is 5. The lowest BCUT2D eigenvalue weighted by atomic mass is 10.0. The van der Waals surface area contributed by atoms with Gasteiger partial charge in [-0.3, -0.25) is 4.18 Å². The standard InChI is InChI=1S/C30H28N2O15S/c1-14-7-8-16(12-21(14)48(42,43)46-10-9-19(33)24(36)29(40)44-2)31-32-22-17-6-4-3-5-15(17)11-18(23(22)35)28(39)45-13-20(34)27-25(37)26(38)30(41)47-27/h3-8,11-12,20,27,33-38H,9-10,13H2,1-2H3/b24-19-,32-31?. The average molecular weight is 689 g/mol. The van der Waals surface area contributed by atoms with Crippen LogP contribution in [-0.2, 0) is 38.1 Å². The number of carbonyl (C=O) groups excluding carboxylic acids is 3. The van der Waals surface area contributed by atoms with Crippen molar-refractivity contribution in [3.05, 3.63) is 82.7 Å². The number of aryl methyl sites for hydroxylation is 1. The number of nitrogens with zero attached hydrogens (tertiary/aromatic N) is 2. The molecule has 1 aliphatic rings. The van der Waals surface area contributed by atoms with Gasteiger partial charge in [0.25, 0.3) is 10.1 Å². The van der Waals surface area contributed by atoms with Crippen LogP contribution in [0.4, 0.5) is 11.4 Å². The van der Waals surface area contributed by atoms with Crippen LogP contribution in [-0.4, -0.2) is 89.5 Å². The van der Waals surface area contributed by atoms with Crippen LogP contribution < -0.4 is 0 Å².